The monoisotopic (exact) mass is 375 g/mol. The molecule has 1 unspecified atom stereocenters. The Morgan fingerprint density at radius 3 is 2.78 bits per heavy atom. The molecule has 0 bridgehead atoms. The summed E-state index contributed by atoms with van der Waals surface area (Å²) in [5.41, 5.74) is -0.877. The van der Waals surface area contributed by atoms with Crippen LogP contribution in [0.1, 0.15) is 25.3 Å². The fraction of sp³-hybridized carbons (Fsp3) is 0.500. The molecule has 9 heteroatoms. The predicted octanol–water partition coefficient (Wildman–Crippen LogP) is 1.72. The van der Waals surface area contributed by atoms with Crippen molar-refractivity contribution in [2.24, 2.45) is 10.1 Å². The van der Waals surface area contributed by atoms with Crippen molar-refractivity contribution in [3.8, 4) is 0 Å². The van der Waals surface area contributed by atoms with Gasteiger partial charge in [-0.15, -0.1) is 0 Å². The maximum absolute atomic E-state index is 11.7. The summed E-state index contributed by atoms with van der Waals surface area (Å²) in [6.07, 6.45) is 2.16. The first-order valence-corrected chi connectivity index (χ1v) is 10.2. The number of amidine groups is 1. The van der Waals surface area contributed by atoms with Crippen LogP contribution in [0.3, 0.4) is 0 Å². The van der Waals surface area contributed by atoms with E-state index in [2.05, 4.69) is 4.99 Å². The molecule has 0 spiro atoms. The molecule has 0 radical (unpaired) electrons. The molecule has 6 nitrogen and oxygen atoms in total. The van der Waals surface area contributed by atoms with Crippen LogP contribution in [-0.2, 0) is 15.7 Å². The van der Waals surface area contributed by atoms with E-state index in [0.717, 1.165) is 18.0 Å². The van der Waals surface area contributed by atoms with E-state index in [0.29, 0.717) is 23.9 Å². The zero-order chi connectivity index (χ0) is 16.8. The number of hydrogen-bond acceptors (Lipinski definition) is 5. The van der Waals surface area contributed by atoms with E-state index in [1.807, 2.05) is 6.92 Å². The minimum absolute atomic E-state index is 0.0421. The van der Waals surface area contributed by atoms with Gasteiger partial charge in [-0.1, -0.05) is 29.4 Å². The smallest absolute Gasteiger partial charge is 0.239 e. The third-order valence-electron chi connectivity index (χ3n) is 3.94. The number of hydrogen-bond donors (Lipinski definition) is 2. The lowest BCUT2D eigenvalue weighted by atomic mass is 10.0. The van der Waals surface area contributed by atoms with E-state index in [1.165, 1.54) is 23.9 Å². The molecule has 1 atom stereocenters. The van der Waals surface area contributed by atoms with Gasteiger partial charge in [-0.2, -0.15) is 0 Å². The van der Waals surface area contributed by atoms with Crippen LogP contribution in [0.2, 0.25) is 5.02 Å². The van der Waals surface area contributed by atoms with Gasteiger partial charge in [0.25, 0.3) is 0 Å². The van der Waals surface area contributed by atoms with Gasteiger partial charge in [0.05, 0.1) is 16.8 Å². The van der Waals surface area contributed by atoms with Gasteiger partial charge in [-0.05, 0) is 31.9 Å². The number of rotatable bonds is 4. The van der Waals surface area contributed by atoms with Crippen molar-refractivity contribution in [1.82, 2.24) is 4.90 Å². The van der Waals surface area contributed by atoms with Crippen molar-refractivity contribution >= 4 is 38.6 Å². The highest BCUT2D eigenvalue weighted by atomic mass is 35.5. The average molecular weight is 376 g/mol. The predicted molar refractivity (Wildman–Crippen MR) is 92.0 cm³/mol. The first kappa shape index (κ1) is 17.0. The normalized spacial score (nSPS) is 27.0. The summed E-state index contributed by atoms with van der Waals surface area (Å²) in [6, 6.07) is 4.77. The standard InChI is InChI=1S/C14H18ClN3O3S2/c1-2-18-13(17-10-4-5-10)22-8-14(18,19)9-3-6-11(15)12(7-9)23(16,20)21/h3,6-7,10,19H,2,4-5,8H2,1H3,(H2,16,20,21). The Morgan fingerprint density at radius 2 is 2.22 bits per heavy atom. The summed E-state index contributed by atoms with van der Waals surface area (Å²) >= 11 is 7.40. The molecule has 126 valence electrons. The van der Waals surface area contributed by atoms with Gasteiger partial charge in [0, 0.05) is 12.1 Å². The van der Waals surface area contributed by atoms with Crippen molar-refractivity contribution in [2.75, 3.05) is 12.3 Å². The fourth-order valence-corrected chi connectivity index (χ4v) is 4.94. The van der Waals surface area contributed by atoms with Crippen LogP contribution in [-0.4, -0.2) is 41.9 Å². The van der Waals surface area contributed by atoms with Gasteiger partial charge in [0.15, 0.2) is 10.9 Å². The molecule has 1 aromatic carbocycles. The number of nitrogens with two attached hydrogens (primary N) is 1. The fourth-order valence-electron chi connectivity index (χ4n) is 2.55. The Balaban J connectivity index is 2.03. The van der Waals surface area contributed by atoms with Gasteiger partial charge in [0.1, 0.15) is 4.90 Å². The van der Waals surface area contributed by atoms with Crippen molar-refractivity contribution in [3.63, 3.8) is 0 Å². The van der Waals surface area contributed by atoms with Crippen LogP contribution in [0.5, 0.6) is 0 Å². The first-order valence-electron chi connectivity index (χ1n) is 7.29. The van der Waals surface area contributed by atoms with Crippen LogP contribution in [0.15, 0.2) is 28.1 Å². The Kier molecular flexibility index (Phi) is 4.39. The van der Waals surface area contributed by atoms with E-state index in [4.69, 9.17) is 16.7 Å². The van der Waals surface area contributed by atoms with Crippen LogP contribution in [0, 0.1) is 0 Å². The molecule has 1 heterocycles. The molecule has 0 amide bonds. The highest BCUT2D eigenvalue weighted by Gasteiger charge is 2.45. The number of thioether (sulfide) groups is 1. The van der Waals surface area contributed by atoms with Gasteiger partial charge in [-0.3, -0.25) is 4.99 Å². The van der Waals surface area contributed by atoms with E-state index < -0.39 is 15.7 Å². The first-order chi connectivity index (χ1) is 10.8. The number of nitrogens with zero attached hydrogens (tertiary/aromatic N) is 2. The van der Waals surface area contributed by atoms with Gasteiger partial charge in [-0.25, -0.2) is 13.6 Å². The maximum atomic E-state index is 11.7. The second kappa shape index (κ2) is 5.93. The minimum atomic E-state index is -3.96. The summed E-state index contributed by atoms with van der Waals surface area (Å²) in [5.74, 6) is 0.373. The number of halogens is 1. The molecule has 0 aromatic heterocycles. The highest BCUT2D eigenvalue weighted by molar-refractivity contribution is 8.14. The molecule has 1 aliphatic carbocycles. The number of benzene rings is 1. The topological polar surface area (TPSA) is 96.0 Å². The molecule has 23 heavy (non-hydrogen) atoms. The summed E-state index contributed by atoms with van der Waals surface area (Å²) in [7, 11) is -3.96. The molecule has 3 N–H and O–H groups in total. The molecule has 3 rings (SSSR count). The lowest BCUT2D eigenvalue weighted by molar-refractivity contribution is -0.0455. The Labute approximate surface area is 144 Å². The van der Waals surface area contributed by atoms with Crippen LogP contribution in [0.4, 0.5) is 0 Å². The van der Waals surface area contributed by atoms with E-state index >= 15 is 0 Å². The van der Waals surface area contributed by atoms with Crippen LogP contribution in [0.25, 0.3) is 0 Å². The molecule has 1 saturated carbocycles. The lowest BCUT2D eigenvalue weighted by Crippen LogP contribution is -2.45. The second-order valence-corrected chi connectivity index (χ2v) is 8.56. The zero-order valence-corrected chi connectivity index (χ0v) is 15.0. The molecule has 1 aromatic rings. The second-order valence-electron chi connectivity index (χ2n) is 5.68. The zero-order valence-electron chi connectivity index (χ0n) is 12.6. The molecule has 2 aliphatic rings. The minimum Gasteiger partial charge on any atom is -0.366 e. The number of sulfonamides is 1. The summed E-state index contributed by atoms with van der Waals surface area (Å²) in [6.45, 7) is 2.48. The molecule has 1 saturated heterocycles. The maximum Gasteiger partial charge on any atom is 0.239 e. The van der Waals surface area contributed by atoms with Crippen LogP contribution >= 0.6 is 23.4 Å². The SMILES string of the molecule is CCN1C(=NC2CC2)SCC1(O)c1ccc(Cl)c(S(N)(=O)=O)c1. The number of aliphatic hydroxyl groups is 1. The van der Waals surface area contributed by atoms with E-state index in [9.17, 15) is 13.5 Å². The average Bonchev–Trinajstić information content (AvgIpc) is 3.22. The largest absolute Gasteiger partial charge is 0.366 e. The molecule has 1 aliphatic heterocycles. The van der Waals surface area contributed by atoms with Crippen molar-refractivity contribution < 1.29 is 13.5 Å². The van der Waals surface area contributed by atoms with E-state index in [1.54, 1.807) is 11.0 Å². The van der Waals surface area contributed by atoms with E-state index in [-0.39, 0.29) is 9.92 Å². The van der Waals surface area contributed by atoms with Gasteiger partial charge < -0.3 is 10.0 Å². The molecular weight excluding hydrogens is 358 g/mol. The van der Waals surface area contributed by atoms with Crippen molar-refractivity contribution in [2.45, 2.75) is 36.4 Å². The summed E-state index contributed by atoms with van der Waals surface area (Å²) in [5, 5.41) is 17.2. The third kappa shape index (κ3) is 3.23. The Bertz CT molecular complexity index is 765. The molecule has 2 fully saturated rings. The highest BCUT2D eigenvalue weighted by Crippen LogP contribution is 2.41. The van der Waals surface area contributed by atoms with Gasteiger partial charge in [0.2, 0.25) is 10.0 Å². The molecular formula is C14H18ClN3O3S2. The Morgan fingerprint density at radius 1 is 1.52 bits per heavy atom. The summed E-state index contributed by atoms with van der Waals surface area (Å²) in [4.78, 5) is 6.24. The van der Waals surface area contributed by atoms with Crippen molar-refractivity contribution in [3.05, 3.63) is 28.8 Å². The Hall–Kier alpha value is -0.800. The lowest BCUT2D eigenvalue weighted by Gasteiger charge is -2.34. The number of aliphatic imine (C=N–C) groups is 1. The van der Waals surface area contributed by atoms with Crippen LogP contribution < -0.4 is 5.14 Å². The quantitative estimate of drug-likeness (QED) is 0.835. The summed E-state index contributed by atoms with van der Waals surface area (Å²) < 4.78 is 23.3. The number of primary sulfonamides is 1. The van der Waals surface area contributed by atoms with Gasteiger partial charge >= 0.3 is 0 Å². The van der Waals surface area contributed by atoms with Crippen molar-refractivity contribution in [1.29, 1.82) is 0 Å². The third-order valence-corrected chi connectivity index (χ3v) is 6.46.